The van der Waals surface area contributed by atoms with E-state index in [1.807, 2.05) is 0 Å². The van der Waals surface area contributed by atoms with Gasteiger partial charge in [-0.1, -0.05) is 26.0 Å². The highest BCUT2D eigenvalue weighted by Gasteiger charge is 2.23. The monoisotopic (exact) mass is 245 g/mol. The summed E-state index contributed by atoms with van der Waals surface area (Å²) in [6, 6.07) is 0.639. The number of nitrogens with one attached hydrogen (secondary N) is 1. The molecule has 0 saturated carbocycles. The fourth-order valence-corrected chi connectivity index (χ4v) is 4.68. The van der Waals surface area contributed by atoms with E-state index in [-0.39, 0.29) is 0 Å². The lowest BCUT2D eigenvalue weighted by Crippen LogP contribution is -2.41. The Balaban J connectivity index is 2.43. The first-order chi connectivity index (χ1) is 7.27. The van der Waals surface area contributed by atoms with Crippen LogP contribution in [0.3, 0.4) is 0 Å². The highest BCUT2D eigenvalue weighted by molar-refractivity contribution is 8.06. The minimum absolute atomic E-state index is 0.639. The van der Waals surface area contributed by atoms with E-state index in [1.54, 1.807) is 0 Å². The van der Waals surface area contributed by atoms with Crippen molar-refractivity contribution in [1.29, 1.82) is 0 Å². The molecule has 0 aromatic rings. The van der Waals surface area contributed by atoms with Gasteiger partial charge in [0, 0.05) is 28.6 Å². The van der Waals surface area contributed by atoms with Crippen LogP contribution in [0.1, 0.15) is 26.7 Å². The van der Waals surface area contributed by atoms with Crippen molar-refractivity contribution in [3.8, 4) is 0 Å². The minimum atomic E-state index is 0.639. The molecule has 1 aliphatic heterocycles. The van der Waals surface area contributed by atoms with E-state index >= 15 is 0 Å². The van der Waals surface area contributed by atoms with Gasteiger partial charge in [-0.15, -0.1) is 0 Å². The third-order valence-corrected chi connectivity index (χ3v) is 5.69. The van der Waals surface area contributed by atoms with Gasteiger partial charge in [0.05, 0.1) is 0 Å². The Morgan fingerprint density at radius 1 is 1.47 bits per heavy atom. The van der Waals surface area contributed by atoms with Gasteiger partial charge in [-0.25, -0.2) is 0 Å². The fourth-order valence-electron chi connectivity index (χ4n) is 1.79. The third-order valence-electron chi connectivity index (χ3n) is 2.77. The van der Waals surface area contributed by atoms with E-state index in [2.05, 4.69) is 49.3 Å². The Bertz CT molecular complexity index is 188. The molecule has 0 amide bonds. The zero-order valence-corrected chi connectivity index (χ0v) is 11.6. The van der Waals surface area contributed by atoms with Crippen LogP contribution in [0.15, 0.2) is 12.2 Å². The molecule has 1 heterocycles. The minimum Gasteiger partial charge on any atom is -0.313 e. The third kappa shape index (κ3) is 4.83. The molecule has 0 aliphatic carbocycles. The number of rotatable bonds is 6. The summed E-state index contributed by atoms with van der Waals surface area (Å²) in [6.07, 6.45) is 2.27. The van der Waals surface area contributed by atoms with Crippen LogP contribution in [0.5, 0.6) is 0 Å². The molecule has 1 N–H and O–H groups in total. The van der Waals surface area contributed by atoms with Crippen LogP contribution in [0.25, 0.3) is 0 Å². The SMILES string of the molecule is C=C(CC)CC(NCC)C1CSCCS1. The molecule has 2 unspecified atom stereocenters. The fraction of sp³-hybridized carbons (Fsp3) is 0.833. The summed E-state index contributed by atoms with van der Waals surface area (Å²) in [5.74, 6) is 3.95. The van der Waals surface area contributed by atoms with Crippen molar-refractivity contribution < 1.29 is 0 Å². The molecule has 0 aromatic heterocycles. The summed E-state index contributed by atoms with van der Waals surface area (Å²) in [6.45, 7) is 9.61. The predicted molar refractivity (Wildman–Crippen MR) is 75.1 cm³/mol. The van der Waals surface area contributed by atoms with Gasteiger partial charge >= 0.3 is 0 Å². The molecular weight excluding hydrogens is 222 g/mol. The van der Waals surface area contributed by atoms with Crippen LogP contribution in [0, 0.1) is 0 Å². The van der Waals surface area contributed by atoms with Gasteiger partial charge in [0.15, 0.2) is 0 Å². The summed E-state index contributed by atoms with van der Waals surface area (Å²) in [7, 11) is 0. The number of hydrogen-bond donors (Lipinski definition) is 1. The lowest BCUT2D eigenvalue weighted by atomic mass is 10.0. The first-order valence-corrected chi connectivity index (χ1v) is 8.07. The largest absolute Gasteiger partial charge is 0.313 e. The number of hydrogen-bond acceptors (Lipinski definition) is 3. The second-order valence-corrected chi connectivity index (χ2v) is 6.45. The summed E-state index contributed by atoms with van der Waals surface area (Å²) in [5, 5.41) is 4.41. The van der Waals surface area contributed by atoms with Gasteiger partial charge < -0.3 is 5.32 Å². The van der Waals surface area contributed by atoms with Gasteiger partial charge in [-0.05, 0) is 19.4 Å². The van der Waals surface area contributed by atoms with Crippen molar-refractivity contribution in [1.82, 2.24) is 5.32 Å². The first kappa shape index (κ1) is 13.5. The first-order valence-electron chi connectivity index (χ1n) is 5.87. The highest BCUT2D eigenvalue weighted by atomic mass is 32.2. The summed E-state index contributed by atoms with van der Waals surface area (Å²) < 4.78 is 0. The Kier molecular flexibility index (Phi) is 6.86. The summed E-state index contributed by atoms with van der Waals surface area (Å²) >= 11 is 4.24. The smallest absolute Gasteiger partial charge is 0.0295 e. The summed E-state index contributed by atoms with van der Waals surface area (Å²) in [4.78, 5) is 0. The van der Waals surface area contributed by atoms with E-state index in [1.165, 1.54) is 22.8 Å². The van der Waals surface area contributed by atoms with Crippen molar-refractivity contribution in [2.45, 2.75) is 38.0 Å². The molecule has 0 aromatic carbocycles. The Morgan fingerprint density at radius 2 is 2.27 bits per heavy atom. The molecule has 88 valence electrons. The van der Waals surface area contributed by atoms with Gasteiger partial charge in [-0.2, -0.15) is 23.5 Å². The molecule has 15 heavy (non-hydrogen) atoms. The van der Waals surface area contributed by atoms with Crippen molar-refractivity contribution >= 4 is 23.5 Å². The van der Waals surface area contributed by atoms with Crippen molar-refractivity contribution in [3.63, 3.8) is 0 Å². The molecule has 1 saturated heterocycles. The van der Waals surface area contributed by atoms with E-state index in [0.29, 0.717) is 6.04 Å². The standard InChI is InChI=1S/C12H23NS2/c1-4-10(3)8-11(13-5-2)12-9-14-6-7-15-12/h11-13H,3-9H2,1-2H3. The van der Waals surface area contributed by atoms with E-state index in [4.69, 9.17) is 0 Å². The van der Waals surface area contributed by atoms with E-state index < -0.39 is 0 Å². The molecular formula is C12H23NS2. The molecule has 1 rings (SSSR count). The van der Waals surface area contributed by atoms with Gasteiger partial charge in [0.2, 0.25) is 0 Å². The predicted octanol–water partition coefficient (Wildman–Crippen LogP) is 3.17. The van der Waals surface area contributed by atoms with Crippen LogP contribution in [0.2, 0.25) is 0 Å². The normalized spacial score (nSPS) is 23.7. The summed E-state index contributed by atoms with van der Waals surface area (Å²) in [5.41, 5.74) is 1.39. The molecule has 3 heteroatoms. The maximum atomic E-state index is 4.13. The topological polar surface area (TPSA) is 12.0 Å². The Labute approximate surface area is 103 Å². The molecule has 2 atom stereocenters. The molecule has 0 radical (unpaired) electrons. The zero-order valence-electron chi connectivity index (χ0n) is 9.92. The van der Waals surface area contributed by atoms with Crippen LogP contribution in [-0.2, 0) is 0 Å². The van der Waals surface area contributed by atoms with Crippen LogP contribution in [-0.4, -0.2) is 35.1 Å². The molecule has 1 nitrogen and oxygen atoms in total. The van der Waals surface area contributed by atoms with Crippen molar-refractivity contribution in [3.05, 3.63) is 12.2 Å². The van der Waals surface area contributed by atoms with E-state index in [9.17, 15) is 0 Å². The Hall–Kier alpha value is 0.400. The van der Waals surface area contributed by atoms with Crippen molar-refractivity contribution in [2.24, 2.45) is 0 Å². The lowest BCUT2D eigenvalue weighted by molar-refractivity contribution is 0.517. The second kappa shape index (κ2) is 7.64. The average Bonchev–Trinajstić information content (AvgIpc) is 2.29. The quantitative estimate of drug-likeness (QED) is 0.722. The van der Waals surface area contributed by atoms with Crippen LogP contribution < -0.4 is 5.32 Å². The lowest BCUT2D eigenvalue weighted by Gasteiger charge is -2.30. The molecule has 1 aliphatic rings. The zero-order chi connectivity index (χ0) is 11.1. The van der Waals surface area contributed by atoms with Crippen LogP contribution >= 0.6 is 23.5 Å². The molecule has 1 fully saturated rings. The Morgan fingerprint density at radius 3 is 2.80 bits per heavy atom. The maximum Gasteiger partial charge on any atom is 0.0295 e. The second-order valence-electron chi connectivity index (χ2n) is 3.96. The molecule has 0 spiro atoms. The maximum absolute atomic E-state index is 4.13. The highest BCUT2D eigenvalue weighted by Crippen LogP contribution is 2.28. The van der Waals surface area contributed by atoms with Gasteiger partial charge in [-0.3, -0.25) is 0 Å². The number of thioether (sulfide) groups is 2. The van der Waals surface area contributed by atoms with E-state index in [0.717, 1.165) is 24.6 Å². The van der Waals surface area contributed by atoms with Gasteiger partial charge in [0.25, 0.3) is 0 Å². The van der Waals surface area contributed by atoms with Gasteiger partial charge in [0.1, 0.15) is 0 Å². The average molecular weight is 245 g/mol. The van der Waals surface area contributed by atoms with Crippen LogP contribution in [0.4, 0.5) is 0 Å². The molecule has 0 bridgehead atoms. The van der Waals surface area contributed by atoms with Crippen molar-refractivity contribution in [2.75, 3.05) is 23.8 Å².